The van der Waals surface area contributed by atoms with Crippen molar-refractivity contribution in [3.63, 3.8) is 0 Å². The minimum absolute atomic E-state index is 0.0237. The number of fused-ring (bicyclic) bond motifs is 1. The third-order valence-corrected chi connectivity index (χ3v) is 10.6. The van der Waals surface area contributed by atoms with Crippen LogP contribution < -0.4 is 15.9 Å². The van der Waals surface area contributed by atoms with Crippen LogP contribution in [0.3, 0.4) is 0 Å². The predicted octanol–water partition coefficient (Wildman–Crippen LogP) is 2.24. The van der Waals surface area contributed by atoms with Crippen molar-refractivity contribution in [3.8, 4) is 0 Å². The summed E-state index contributed by atoms with van der Waals surface area (Å²) in [6.07, 6.45) is -3.63. The van der Waals surface area contributed by atoms with Crippen LogP contribution in [0.2, 0.25) is 0 Å². The van der Waals surface area contributed by atoms with Gasteiger partial charge in [-0.3, -0.25) is 29.0 Å². The first-order valence-corrected chi connectivity index (χ1v) is 17.9. The molecule has 1 aliphatic rings. The topological polar surface area (TPSA) is 289 Å². The first kappa shape index (κ1) is 37.7. The normalized spacial score (nSPS) is 22.3. The minimum atomic E-state index is -5.34. The number of nitrogens with two attached hydrogens (primary N) is 1. The van der Waals surface area contributed by atoms with Gasteiger partial charge in [-0.15, -0.1) is 0 Å². The van der Waals surface area contributed by atoms with E-state index in [1.807, 2.05) is 0 Å². The van der Waals surface area contributed by atoms with Crippen molar-refractivity contribution in [2.24, 2.45) is 12.5 Å². The number of hydrogen-bond donors (Lipinski definition) is 4. The molecule has 0 spiro atoms. The summed E-state index contributed by atoms with van der Waals surface area (Å²) in [5, 5.41) is 11.8. The Hall–Kier alpha value is -4.53. The number of benzene rings is 1. The number of imidazole rings is 2. The number of nitrogens with zero attached hydrogens (tertiary/aromatic N) is 6. The molecular weight excluding hydrogens is 722 g/mol. The Morgan fingerprint density at radius 1 is 1.25 bits per heavy atom. The fourth-order valence-corrected chi connectivity index (χ4v) is 7.86. The van der Waals surface area contributed by atoms with Crippen LogP contribution in [0.1, 0.15) is 38.7 Å². The Balaban J connectivity index is 1.48. The molecule has 1 saturated heterocycles. The molecule has 1 aromatic carbocycles. The summed E-state index contributed by atoms with van der Waals surface area (Å²) in [6.45, 7) is 4.15. The van der Waals surface area contributed by atoms with Gasteiger partial charge >= 0.3 is 27.4 Å². The van der Waals surface area contributed by atoms with Crippen LogP contribution in [-0.2, 0) is 44.0 Å². The molecule has 0 radical (unpaired) electrons. The molecule has 1 fully saturated rings. The Morgan fingerprint density at radius 2 is 1.96 bits per heavy atom. The molecule has 7 atom stereocenters. The molecule has 3 aromatic heterocycles. The average molecular weight is 758 g/mol. The van der Waals surface area contributed by atoms with Crippen LogP contribution in [0.4, 0.5) is 16.4 Å². The Kier molecular flexibility index (Phi) is 10.5. The number of aryl methyl sites for hydroxylation is 1. The minimum Gasteiger partial charge on any atom is -0.425 e. The molecule has 0 aliphatic carbocycles. The number of anilines is 1. The number of aromatic amines is 1. The van der Waals surface area contributed by atoms with Crippen molar-refractivity contribution in [3.05, 3.63) is 75.3 Å². The van der Waals surface area contributed by atoms with E-state index in [1.165, 1.54) is 47.8 Å². The van der Waals surface area contributed by atoms with Crippen LogP contribution in [0.15, 0.2) is 54.1 Å². The number of nitrogens with one attached hydrogen (secondary N) is 1. The van der Waals surface area contributed by atoms with Crippen molar-refractivity contribution in [1.82, 2.24) is 23.9 Å². The van der Waals surface area contributed by atoms with Crippen LogP contribution in [0.5, 0.6) is 0 Å². The van der Waals surface area contributed by atoms with Gasteiger partial charge in [0.05, 0.1) is 24.1 Å². The summed E-state index contributed by atoms with van der Waals surface area (Å²) in [5.74, 6) is -0.233. The van der Waals surface area contributed by atoms with Gasteiger partial charge in [0.1, 0.15) is 18.5 Å². The quantitative estimate of drug-likeness (QED) is 0.0530. The fourth-order valence-electron chi connectivity index (χ4n) is 5.50. The number of phosphoric acid groups is 1. The van der Waals surface area contributed by atoms with Gasteiger partial charge in [-0.1, -0.05) is 37.9 Å². The second kappa shape index (κ2) is 14.2. The number of nitro groups is 1. The number of nitro benzene ring substituents is 1. The number of aromatic nitrogens is 6. The lowest BCUT2D eigenvalue weighted by Crippen LogP contribution is -2.48. The SMILES string of the molecule is COC1[C@@H](OC(=O)OC(c2ccccc2[N+](=O)[O-])C(C)(C)C)[C@@H](COP(=O)(O)OP(=O)(O)n2ccnc2)O[C@H]1[n+]1cn(C)c2c(=O)[nH]c(N)nc21. The van der Waals surface area contributed by atoms with E-state index in [4.69, 9.17) is 29.2 Å². The van der Waals surface area contributed by atoms with Gasteiger partial charge in [0.25, 0.3) is 17.2 Å². The van der Waals surface area contributed by atoms with E-state index in [2.05, 4.69) is 19.3 Å². The lowest BCUT2D eigenvalue weighted by atomic mass is 9.84. The maximum absolute atomic E-state index is 13.5. The summed E-state index contributed by atoms with van der Waals surface area (Å²) in [7, 11) is -7.52. The summed E-state index contributed by atoms with van der Waals surface area (Å²) < 4.78 is 61.5. The molecule has 4 heterocycles. The van der Waals surface area contributed by atoms with E-state index in [1.54, 1.807) is 26.8 Å². The highest BCUT2D eigenvalue weighted by molar-refractivity contribution is 7.63. The number of H-pyrrole nitrogens is 1. The van der Waals surface area contributed by atoms with Gasteiger partial charge in [0, 0.05) is 31.0 Å². The summed E-state index contributed by atoms with van der Waals surface area (Å²) in [5.41, 5.74) is 4.19. The molecule has 0 saturated carbocycles. The highest BCUT2D eigenvalue weighted by Crippen LogP contribution is 2.60. The van der Waals surface area contributed by atoms with Gasteiger partial charge in [0.15, 0.2) is 18.5 Å². The van der Waals surface area contributed by atoms with Crippen LogP contribution in [0.25, 0.3) is 11.2 Å². The lowest BCUT2D eigenvalue weighted by Gasteiger charge is -2.31. The van der Waals surface area contributed by atoms with E-state index in [0.29, 0.717) is 4.34 Å². The number of rotatable bonds is 12. The zero-order valence-corrected chi connectivity index (χ0v) is 29.4. The average Bonchev–Trinajstić information content (AvgIpc) is 3.76. The summed E-state index contributed by atoms with van der Waals surface area (Å²) >= 11 is 0. The maximum atomic E-state index is 13.5. The molecule has 24 heteroatoms. The largest absolute Gasteiger partial charge is 0.509 e. The molecule has 22 nitrogen and oxygen atoms in total. The first-order chi connectivity index (χ1) is 23.8. The number of nitrogen functional groups attached to an aromatic ring is 1. The highest BCUT2D eigenvalue weighted by atomic mass is 31.3. The third-order valence-electron chi connectivity index (χ3n) is 7.66. The third kappa shape index (κ3) is 8.03. The number of hydrogen-bond acceptors (Lipinski definition) is 15. The van der Waals surface area contributed by atoms with Gasteiger partial charge in [-0.05, 0) is 6.07 Å². The van der Waals surface area contributed by atoms with E-state index in [-0.39, 0.29) is 28.4 Å². The molecule has 4 aromatic rings. The number of methoxy groups -OCH3 is 1. The monoisotopic (exact) mass is 757 g/mol. The summed E-state index contributed by atoms with van der Waals surface area (Å²) in [6, 6.07) is 5.69. The maximum Gasteiger partial charge on any atom is 0.509 e. The number of phosphoric ester groups is 1. The van der Waals surface area contributed by atoms with Crippen molar-refractivity contribution in [2.45, 2.75) is 51.4 Å². The molecule has 276 valence electrons. The van der Waals surface area contributed by atoms with E-state index in [9.17, 15) is 38.6 Å². The fraction of sp³-hybridized carbons (Fsp3) is 0.444. The summed E-state index contributed by atoms with van der Waals surface area (Å²) in [4.78, 5) is 68.2. The van der Waals surface area contributed by atoms with E-state index in [0.717, 1.165) is 18.7 Å². The van der Waals surface area contributed by atoms with Gasteiger partial charge in [-0.2, -0.15) is 4.31 Å². The molecule has 5 rings (SSSR count). The Bertz CT molecular complexity index is 2080. The Labute approximate surface area is 288 Å². The van der Waals surface area contributed by atoms with Gasteiger partial charge in [0.2, 0.25) is 11.7 Å². The molecule has 5 N–H and O–H groups in total. The number of carbonyl (C=O) groups excluding carboxylic acids is 1. The molecule has 51 heavy (non-hydrogen) atoms. The van der Waals surface area contributed by atoms with Gasteiger partial charge in [-0.25, -0.2) is 27.8 Å². The number of ether oxygens (including phenoxy) is 4. The first-order valence-electron chi connectivity index (χ1n) is 14.9. The molecular formula is C27H35N8O14P2+. The van der Waals surface area contributed by atoms with Gasteiger partial charge < -0.3 is 34.5 Å². The van der Waals surface area contributed by atoms with E-state index < -0.39 is 74.9 Å². The van der Waals surface area contributed by atoms with Crippen molar-refractivity contribution in [2.75, 3.05) is 19.5 Å². The number of para-hydroxylation sites is 1. The second-order valence-electron chi connectivity index (χ2n) is 12.3. The zero-order chi connectivity index (χ0) is 37.5. The lowest BCUT2D eigenvalue weighted by molar-refractivity contribution is -0.746. The molecule has 4 unspecified atom stereocenters. The smallest absolute Gasteiger partial charge is 0.425 e. The van der Waals surface area contributed by atoms with Crippen LogP contribution in [-0.4, -0.2) is 76.8 Å². The standard InChI is InChI=1S/C27H34N8O14P2/c1-27(2,3)21(15-8-6-7-9-16(15)35(38)39)48-26(37)47-19-17(12-45-51(42,43)49-50(40,41)33-11-10-29-13-33)46-24(20(19)44-5)34-14-32(4)18-22(34)30-25(28)31-23(18)36/h6-11,13-14,17,19-21,24H,12H2,1-5H3,(H4-,28,30,31,36,40,41,42,43)/p+1/t17-,19+,20?,21?,24-/m1/s1. The predicted molar refractivity (Wildman–Crippen MR) is 172 cm³/mol. The number of carbonyl (C=O) groups is 1. The molecule has 1 aliphatic heterocycles. The van der Waals surface area contributed by atoms with Crippen molar-refractivity contribution in [1.29, 1.82) is 0 Å². The second-order valence-corrected chi connectivity index (χ2v) is 15.6. The van der Waals surface area contributed by atoms with Crippen LogP contribution in [0, 0.1) is 15.5 Å². The molecule has 0 bridgehead atoms. The highest BCUT2D eigenvalue weighted by Gasteiger charge is 2.53. The van der Waals surface area contributed by atoms with E-state index >= 15 is 0 Å². The zero-order valence-electron chi connectivity index (χ0n) is 27.7. The van der Waals surface area contributed by atoms with Crippen molar-refractivity contribution < 1.29 is 61.0 Å². The molecule has 0 amide bonds. The van der Waals surface area contributed by atoms with Crippen LogP contribution >= 0.6 is 15.6 Å². The van der Waals surface area contributed by atoms with Crippen molar-refractivity contribution >= 4 is 44.5 Å². The Morgan fingerprint density at radius 3 is 2.59 bits per heavy atom.